The third kappa shape index (κ3) is 17.6. The lowest BCUT2D eigenvalue weighted by Crippen LogP contribution is -2.61. The van der Waals surface area contributed by atoms with Gasteiger partial charge >= 0.3 is 51.4 Å². The SMILES string of the molecule is CCCC[Si](C)(C)O[Si](C)(C)O[Si](C)(C)O[Si](C)(C)O[Si](C)(C)O[Si](C)(C)O[Si](C)(C)O[SiH](C)C. The van der Waals surface area contributed by atoms with Crippen molar-refractivity contribution in [1.82, 2.24) is 0 Å². The van der Waals surface area contributed by atoms with Gasteiger partial charge < -0.3 is 28.8 Å². The first-order valence-corrected chi connectivity index (χ1v) is 35.9. The summed E-state index contributed by atoms with van der Waals surface area (Å²) in [4.78, 5) is 0. The summed E-state index contributed by atoms with van der Waals surface area (Å²) < 4.78 is 46.0. The molecule has 0 fully saturated rings. The van der Waals surface area contributed by atoms with Gasteiger partial charge in [0.2, 0.25) is 0 Å². The van der Waals surface area contributed by atoms with Gasteiger partial charge in [-0.3, -0.25) is 0 Å². The van der Waals surface area contributed by atoms with E-state index in [2.05, 4.69) is 112 Å². The molecule has 0 spiro atoms. The molecule has 0 saturated heterocycles. The molecule has 15 heteroatoms. The van der Waals surface area contributed by atoms with Crippen LogP contribution in [-0.4, -0.2) is 68.7 Å². The van der Waals surface area contributed by atoms with Crippen LogP contribution in [0.2, 0.25) is 111 Å². The standard InChI is InChI=1S/C20H58O7Si8/c1-18-19-20-29(4,5)22-31(8,9)24-33(12,13)26-35(16,17)27-34(14,15)25-32(10,11)23-30(6,7)21-28(2)3/h28H,18-20H2,1-17H3. The average Bonchev–Trinajstić information content (AvgIpc) is 2.43. The highest BCUT2D eigenvalue weighted by atomic mass is 28.5. The highest BCUT2D eigenvalue weighted by Crippen LogP contribution is 2.29. The van der Waals surface area contributed by atoms with Crippen LogP contribution in [0.4, 0.5) is 0 Å². The lowest BCUT2D eigenvalue weighted by Gasteiger charge is -2.43. The van der Waals surface area contributed by atoms with Crippen LogP contribution in [0.5, 0.6) is 0 Å². The Hall–Kier alpha value is 1.46. The molecule has 0 radical (unpaired) electrons. The van der Waals surface area contributed by atoms with Gasteiger partial charge in [-0.25, -0.2) is 0 Å². The van der Waals surface area contributed by atoms with Gasteiger partial charge in [0, 0.05) is 0 Å². The summed E-state index contributed by atoms with van der Waals surface area (Å²) in [5.74, 6) is 0. The molecule has 0 bridgehead atoms. The zero-order chi connectivity index (χ0) is 28.1. The monoisotopic (exact) mass is 634 g/mol. The molecule has 0 N–H and O–H groups in total. The Balaban J connectivity index is 5.24. The van der Waals surface area contributed by atoms with Crippen molar-refractivity contribution in [2.24, 2.45) is 0 Å². The quantitative estimate of drug-likeness (QED) is 0.156. The lowest BCUT2D eigenvalue weighted by atomic mass is 10.4. The van der Waals surface area contributed by atoms with Gasteiger partial charge in [-0.15, -0.1) is 0 Å². The van der Waals surface area contributed by atoms with Crippen molar-refractivity contribution in [3.05, 3.63) is 0 Å². The summed E-state index contributed by atoms with van der Waals surface area (Å²) in [6.45, 7) is 36.5. The fourth-order valence-corrected chi connectivity index (χ4v) is 43.5. The van der Waals surface area contributed by atoms with E-state index < -0.39 is 68.7 Å². The predicted octanol–water partition coefficient (Wildman–Crippen LogP) is 7.30. The molecule has 0 unspecified atom stereocenters. The van der Waals surface area contributed by atoms with Crippen LogP contribution < -0.4 is 0 Å². The van der Waals surface area contributed by atoms with E-state index in [0.29, 0.717) is 0 Å². The Morgan fingerprint density at radius 1 is 0.457 bits per heavy atom. The fraction of sp³-hybridized carbons (Fsp3) is 1.00. The molecular weight excluding hydrogens is 577 g/mol. The van der Waals surface area contributed by atoms with E-state index >= 15 is 0 Å². The van der Waals surface area contributed by atoms with E-state index in [-0.39, 0.29) is 0 Å². The topological polar surface area (TPSA) is 64.6 Å². The van der Waals surface area contributed by atoms with Gasteiger partial charge in [-0.2, -0.15) is 0 Å². The maximum absolute atomic E-state index is 6.68. The highest BCUT2D eigenvalue weighted by Gasteiger charge is 2.48. The van der Waals surface area contributed by atoms with Crippen LogP contribution in [0.1, 0.15) is 19.8 Å². The maximum atomic E-state index is 6.68. The molecule has 0 heterocycles. The first-order valence-electron chi connectivity index (χ1n) is 13.1. The smallest absolute Gasteiger partial charge is 0.314 e. The van der Waals surface area contributed by atoms with Crippen LogP contribution in [0.3, 0.4) is 0 Å². The number of unbranched alkanes of at least 4 members (excludes halogenated alkanes) is 1. The Morgan fingerprint density at radius 2 is 0.743 bits per heavy atom. The second-order valence-corrected chi connectivity index (χ2v) is 41.8. The number of hydrogen-bond donors (Lipinski definition) is 0. The number of hydrogen-bond acceptors (Lipinski definition) is 7. The Bertz CT molecular complexity index is 655. The minimum absolute atomic E-state index is 1.17. The van der Waals surface area contributed by atoms with Gasteiger partial charge in [0.05, 0.1) is 0 Å². The molecule has 0 aliphatic heterocycles. The molecule has 0 atom stereocenters. The molecule has 0 aliphatic carbocycles. The van der Waals surface area contributed by atoms with Crippen LogP contribution in [0.15, 0.2) is 0 Å². The zero-order valence-corrected chi connectivity index (χ0v) is 34.2. The zero-order valence-electron chi connectivity index (χ0n) is 26.1. The minimum Gasteiger partial charge on any atom is -0.440 e. The molecule has 7 nitrogen and oxygen atoms in total. The molecular formula is C20H58O7Si8. The van der Waals surface area contributed by atoms with Crippen molar-refractivity contribution >= 4 is 68.7 Å². The summed E-state index contributed by atoms with van der Waals surface area (Å²) in [6, 6.07) is 1.17. The summed E-state index contributed by atoms with van der Waals surface area (Å²) >= 11 is 0. The molecule has 0 aromatic heterocycles. The fourth-order valence-electron chi connectivity index (χ4n) is 4.97. The summed E-state index contributed by atoms with van der Waals surface area (Å²) in [5, 5.41) is 0. The van der Waals surface area contributed by atoms with E-state index in [9.17, 15) is 0 Å². The van der Waals surface area contributed by atoms with Crippen molar-refractivity contribution in [3.8, 4) is 0 Å². The van der Waals surface area contributed by atoms with E-state index in [0.717, 1.165) is 0 Å². The normalized spacial score (nSPS) is 15.3. The molecule has 212 valence electrons. The molecule has 0 amide bonds. The highest BCUT2D eigenvalue weighted by molar-refractivity contribution is 6.91. The van der Waals surface area contributed by atoms with Crippen molar-refractivity contribution in [1.29, 1.82) is 0 Å². The van der Waals surface area contributed by atoms with Crippen molar-refractivity contribution < 1.29 is 28.8 Å². The number of rotatable bonds is 17. The average molecular weight is 635 g/mol. The van der Waals surface area contributed by atoms with Crippen molar-refractivity contribution in [3.63, 3.8) is 0 Å². The van der Waals surface area contributed by atoms with Crippen molar-refractivity contribution in [2.45, 2.75) is 131 Å². The Morgan fingerprint density at radius 3 is 1.03 bits per heavy atom. The predicted molar refractivity (Wildman–Crippen MR) is 169 cm³/mol. The van der Waals surface area contributed by atoms with E-state index in [1.807, 2.05) is 0 Å². The van der Waals surface area contributed by atoms with Crippen LogP contribution in [0.25, 0.3) is 0 Å². The summed E-state index contributed by atoms with van der Waals surface area (Å²) in [6.07, 6.45) is 2.41. The minimum atomic E-state index is -2.53. The largest absolute Gasteiger partial charge is 0.440 e. The summed E-state index contributed by atoms with van der Waals surface area (Å²) in [7, 11) is -17.5. The van der Waals surface area contributed by atoms with Crippen LogP contribution in [-0.2, 0) is 28.8 Å². The lowest BCUT2D eigenvalue weighted by molar-refractivity contribution is 0.265. The second kappa shape index (κ2) is 13.2. The Kier molecular flexibility index (Phi) is 13.8. The maximum Gasteiger partial charge on any atom is 0.314 e. The first-order chi connectivity index (χ1) is 15.2. The third-order valence-corrected chi connectivity index (χ3v) is 34.2. The molecule has 35 heavy (non-hydrogen) atoms. The van der Waals surface area contributed by atoms with Gasteiger partial charge in [0.15, 0.2) is 17.4 Å². The van der Waals surface area contributed by atoms with Gasteiger partial charge in [-0.1, -0.05) is 19.8 Å². The van der Waals surface area contributed by atoms with Crippen LogP contribution in [0, 0.1) is 0 Å². The van der Waals surface area contributed by atoms with Crippen molar-refractivity contribution in [2.75, 3.05) is 0 Å². The molecule has 0 rings (SSSR count). The van der Waals surface area contributed by atoms with Crippen LogP contribution >= 0.6 is 0 Å². The van der Waals surface area contributed by atoms with E-state index in [1.165, 1.54) is 18.9 Å². The van der Waals surface area contributed by atoms with Gasteiger partial charge in [-0.05, 0) is 111 Å². The second-order valence-electron chi connectivity index (χ2n) is 13.0. The third-order valence-electron chi connectivity index (χ3n) is 4.63. The first kappa shape index (κ1) is 36.5. The Labute approximate surface area is 227 Å². The molecule has 0 aliphatic rings. The van der Waals surface area contributed by atoms with E-state index in [4.69, 9.17) is 28.8 Å². The van der Waals surface area contributed by atoms with Gasteiger partial charge in [0.25, 0.3) is 0 Å². The summed E-state index contributed by atoms with van der Waals surface area (Å²) in [5.41, 5.74) is 0. The van der Waals surface area contributed by atoms with Gasteiger partial charge in [0.1, 0.15) is 0 Å². The van der Waals surface area contributed by atoms with E-state index in [1.54, 1.807) is 0 Å². The molecule has 0 saturated carbocycles. The molecule has 0 aromatic rings. The molecule has 0 aromatic carbocycles.